The van der Waals surface area contributed by atoms with E-state index in [0.717, 1.165) is 20.1 Å². The Balaban J connectivity index is 1.79. The minimum absolute atomic E-state index is 0.0949. The number of carbonyl (C=O) groups is 1. The lowest BCUT2D eigenvalue weighted by atomic mass is 10.1. The van der Waals surface area contributed by atoms with Gasteiger partial charge in [0.1, 0.15) is 5.82 Å². The minimum atomic E-state index is -0.291. The van der Waals surface area contributed by atoms with E-state index in [9.17, 15) is 9.18 Å². The molecule has 2 nitrogen and oxygen atoms in total. The number of thiophene rings is 1. The number of nitrogens with one attached hydrogen (secondary N) is 1. The van der Waals surface area contributed by atoms with E-state index >= 15 is 0 Å². The number of amides is 1. The van der Waals surface area contributed by atoms with Gasteiger partial charge < -0.3 is 5.32 Å². The normalized spacial score (nSPS) is 12.3. The fourth-order valence-electron chi connectivity index (χ4n) is 2.23. The fraction of sp³-hybridized carbons (Fsp3) is 0.118. The molecule has 3 aromatic rings. The van der Waals surface area contributed by atoms with E-state index in [1.54, 1.807) is 12.1 Å². The van der Waals surface area contributed by atoms with Gasteiger partial charge in [0, 0.05) is 9.17 Å². The lowest BCUT2D eigenvalue weighted by Crippen LogP contribution is -2.25. The van der Waals surface area contributed by atoms with Crippen molar-refractivity contribution in [2.24, 2.45) is 0 Å². The highest BCUT2D eigenvalue weighted by Gasteiger charge is 2.14. The number of halogens is 2. The van der Waals surface area contributed by atoms with Gasteiger partial charge in [0.15, 0.2) is 0 Å². The summed E-state index contributed by atoms with van der Waals surface area (Å²) in [6, 6.07) is 14.0. The van der Waals surface area contributed by atoms with E-state index in [0.29, 0.717) is 4.88 Å². The first-order valence-electron chi connectivity index (χ1n) is 6.78. The highest BCUT2D eigenvalue weighted by atomic mass is 79.9. The summed E-state index contributed by atoms with van der Waals surface area (Å²) in [4.78, 5) is 12.9. The van der Waals surface area contributed by atoms with Crippen LogP contribution in [0.2, 0.25) is 0 Å². The molecule has 1 aromatic heterocycles. The molecule has 3 rings (SSSR count). The van der Waals surface area contributed by atoms with E-state index in [1.165, 1.54) is 23.5 Å². The van der Waals surface area contributed by atoms with Gasteiger partial charge in [-0.25, -0.2) is 4.39 Å². The van der Waals surface area contributed by atoms with Crippen molar-refractivity contribution in [1.29, 1.82) is 0 Å². The molecule has 112 valence electrons. The first-order chi connectivity index (χ1) is 10.5. The quantitative estimate of drug-likeness (QED) is 0.659. The van der Waals surface area contributed by atoms with Crippen molar-refractivity contribution >= 4 is 43.3 Å². The lowest BCUT2D eigenvalue weighted by Gasteiger charge is -2.13. The molecular weight excluding hydrogens is 365 g/mol. The predicted octanol–water partition coefficient (Wildman–Crippen LogP) is 5.29. The van der Waals surface area contributed by atoms with E-state index in [4.69, 9.17) is 0 Å². The second-order valence-corrected chi connectivity index (χ2v) is 7.04. The fourth-order valence-corrected chi connectivity index (χ4v) is 3.44. The Kier molecular flexibility index (Phi) is 4.27. The van der Waals surface area contributed by atoms with Crippen LogP contribution in [0.1, 0.15) is 28.2 Å². The van der Waals surface area contributed by atoms with Crippen LogP contribution >= 0.6 is 27.3 Å². The van der Waals surface area contributed by atoms with Crippen molar-refractivity contribution in [3.8, 4) is 0 Å². The van der Waals surface area contributed by atoms with Crippen molar-refractivity contribution in [2.75, 3.05) is 0 Å². The van der Waals surface area contributed by atoms with Crippen LogP contribution in [0, 0.1) is 5.82 Å². The van der Waals surface area contributed by atoms with Crippen LogP contribution in [-0.4, -0.2) is 5.91 Å². The second-order valence-electron chi connectivity index (χ2n) is 5.04. The Morgan fingerprint density at radius 3 is 2.64 bits per heavy atom. The van der Waals surface area contributed by atoms with Gasteiger partial charge in [-0.1, -0.05) is 28.1 Å². The van der Waals surface area contributed by atoms with Crippen molar-refractivity contribution < 1.29 is 9.18 Å². The lowest BCUT2D eigenvalue weighted by molar-refractivity contribution is 0.0944. The summed E-state index contributed by atoms with van der Waals surface area (Å²) in [5.41, 5.74) is 1.03. The average molecular weight is 378 g/mol. The van der Waals surface area contributed by atoms with Gasteiger partial charge in [-0.05, 0) is 54.3 Å². The third-order valence-electron chi connectivity index (χ3n) is 3.42. The number of rotatable bonds is 3. The van der Waals surface area contributed by atoms with Crippen molar-refractivity contribution in [1.82, 2.24) is 5.32 Å². The number of hydrogen-bond acceptors (Lipinski definition) is 2. The molecule has 5 heteroatoms. The van der Waals surface area contributed by atoms with Crippen molar-refractivity contribution in [3.05, 3.63) is 69.3 Å². The largest absolute Gasteiger partial charge is 0.345 e. The Morgan fingerprint density at radius 2 is 1.91 bits per heavy atom. The van der Waals surface area contributed by atoms with Gasteiger partial charge >= 0.3 is 0 Å². The maximum atomic E-state index is 13.2. The molecule has 0 aliphatic carbocycles. The van der Waals surface area contributed by atoms with Crippen LogP contribution in [0.3, 0.4) is 0 Å². The molecule has 0 unspecified atom stereocenters. The Morgan fingerprint density at radius 1 is 1.18 bits per heavy atom. The number of benzene rings is 2. The van der Waals surface area contributed by atoms with Crippen LogP contribution in [0.25, 0.3) is 10.1 Å². The molecule has 1 N–H and O–H groups in total. The standard InChI is InChI=1S/C17H13BrFNOS/c1-10(11-2-4-13(18)5-3-11)20-17(21)16-9-12-8-14(19)6-7-15(12)22-16/h2-10H,1H3,(H,20,21)/t10-/m1/s1. The molecule has 0 fully saturated rings. The van der Waals surface area contributed by atoms with E-state index in [2.05, 4.69) is 21.2 Å². The zero-order valence-electron chi connectivity index (χ0n) is 11.8. The maximum Gasteiger partial charge on any atom is 0.261 e. The van der Waals surface area contributed by atoms with Gasteiger partial charge in [-0.3, -0.25) is 4.79 Å². The van der Waals surface area contributed by atoms with Gasteiger partial charge in [-0.2, -0.15) is 0 Å². The van der Waals surface area contributed by atoms with Gasteiger partial charge in [0.05, 0.1) is 10.9 Å². The Hall–Kier alpha value is -1.72. The van der Waals surface area contributed by atoms with Gasteiger partial charge in [0.2, 0.25) is 0 Å². The smallest absolute Gasteiger partial charge is 0.261 e. The molecular formula is C17H13BrFNOS. The molecule has 0 saturated carbocycles. The average Bonchev–Trinajstić information content (AvgIpc) is 2.91. The molecule has 0 saturated heterocycles. The molecule has 0 spiro atoms. The molecule has 1 heterocycles. The summed E-state index contributed by atoms with van der Waals surface area (Å²) in [6.45, 7) is 1.94. The summed E-state index contributed by atoms with van der Waals surface area (Å²) in [5, 5.41) is 3.73. The molecule has 0 bridgehead atoms. The Labute approximate surface area is 140 Å². The minimum Gasteiger partial charge on any atom is -0.345 e. The molecule has 0 aliphatic heterocycles. The topological polar surface area (TPSA) is 29.1 Å². The molecule has 1 amide bonds. The van der Waals surface area contributed by atoms with Crippen molar-refractivity contribution in [3.63, 3.8) is 0 Å². The third-order valence-corrected chi connectivity index (χ3v) is 5.06. The van der Waals surface area contributed by atoms with E-state index in [1.807, 2.05) is 31.2 Å². The molecule has 0 aliphatic rings. The summed E-state index contributed by atoms with van der Waals surface area (Å²) in [5.74, 6) is -0.433. The van der Waals surface area contributed by atoms with E-state index in [-0.39, 0.29) is 17.8 Å². The van der Waals surface area contributed by atoms with Gasteiger partial charge in [-0.15, -0.1) is 11.3 Å². The zero-order chi connectivity index (χ0) is 15.7. The number of fused-ring (bicyclic) bond motifs is 1. The monoisotopic (exact) mass is 377 g/mol. The maximum absolute atomic E-state index is 13.2. The summed E-state index contributed by atoms with van der Waals surface area (Å²) < 4.78 is 15.1. The first-order valence-corrected chi connectivity index (χ1v) is 8.39. The Bertz CT molecular complexity index is 828. The number of carbonyl (C=O) groups excluding carboxylic acids is 1. The zero-order valence-corrected chi connectivity index (χ0v) is 14.2. The number of hydrogen-bond donors (Lipinski definition) is 1. The summed E-state index contributed by atoms with van der Waals surface area (Å²) in [6.07, 6.45) is 0. The highest BCUT2D eigenvalue weighted by molar-refractivity contribution is 9.10. The van der Waals surface area contributed by atoms with Gasteiger partial charge in [0.25, 0.3) is 5.91 Å². The van der Waals surface area contributed by atoms with Crippen LogP contribution in [0.15, 0.2) is 53.0 Å². The van der Waals surface area contributed by atoms with Crippen LogP contribution in [-0.2, 0) is 0 Å². The SMILES string of the molecule is C[C@@H](NC(=O)c1cc2cc(F)ccc2s1)c1ccc(Br)cc1. The van der Waals surface area contributed by atoms with Crippen LogP contribution in [0.4, 0.5) is 4.39 Å². The summed E-state index contributed by atoms with van der Waals surface area (Å²) >= 11 is 4.76. The van der Waals surface area contributed by atoms with E-state index < -0.39 is 0 Å². The first kappa shape index (κ1) is 15.2. The molecule has 2 aromatic carbocycles. The molecule has 0 radical (unpaired) electrons. The predicted molar refractivity (Wildman–Crippen MR) is 91.8 cm³/mol. The second kappa shape index (κ2) is 6.18. The molecule has 22 heavy (non-hydrogen) atoms. The van der Waals surface area contributed by atoms with Crippen LogP contribution < -0.4 is 5.32 Å². The van der Waals surface area contributed by atoms with Crippen LogP contribution in [0.5, 0.6) is 0 Å². The van der Waals surface area contributed by atoms with Crippen molar-refractivity contribution in [2.45, 2.75) is 13.0 Å². The molecule has 1 atom stereocenters. The highest BCUT2D eigenvalue weighted by Crippen LogP contribution is 2.27. The summed E-state index contributed by atoms with van der Waals surface area (Å²) in [7, 11) is 0. The third kappa shape index (κ3) is 3.20.